The zero-order valence-corrected chi connectivity index (χ0v) is 10.1. The fourth-order valence-electron chi connectivity index (χ4n) is 1.02. The molecule has 0 aliphatic rings. The maximum absolute atomic E-state index is 11.5. The maximum Gasteiger partial charge on any atom is 0.304 e. The Morgan fingerprint density at radius 3 is 2.15 bits per heavy atom. The molecular formula is C8H14INO3. The van der Waals surface area contributed by atoms with Gasteiger partial charge < -0.3 is 5.11 Å². The topological polar surface area (TPSA) is 57.6 Å². The lowest BCUT2D eigenvalue weighted by Crippen LogP contribution is -2.30. The van der Waals surface area contributed by atoms with Crippen LogP contribution in [0.25, 0.3) is 0 Å². The summed E-state index contributed by atoms with van der Waals surface area (Å²) in [6, 6.07) is 0. The van der Waals surface area contributed by atoms with Gasteiger partial charge in [-0.25, -0.2) is 0 Å². The molecule has 0 rings (SSSR count). The van der Waals surface area contributed by atoms with E-state index in [1.807, 2.05) is 36.7 Å². The molecule has 0 saturated carbocycles. The molecule has 0 aromatic rings. The third-order valence-electron chi connectivity index (χ3n) is 1.82. The average Bonchev–Trinajstić information content (AvgIpc) is 1.97. The number of hydrogen-bond donors (Lipinski definition) is 1. The molecule has 5 heteroatoms. The van der Waals surface area contributed by atoms with Gasteiger partial charge in [0.15, 0.2) is 0 Å². The molecule has 0 heterocycles. The van der Waals surface area contributed by atoms with Gasteiger partial charge in [0.1, 0.15) is 0 Å². The second kappa shape index (κ2) is 5.41. The quantitative estimate of drug-likeness (QED) is 0.633. The number of amides is 1. The molecule has 0 bridgehead atoms. The van der Waals surface area contributed by atoms with Gasteiger partial charge in [-0.2, -0.15) is 0 Å². The number of aliphatic carboxylic acids is 1. The van der Waals surface area contributed by atoms with Crippen LogP contribution in [0.3, 0.4) is 0 Å². The largest absolute Gasteiger partial charge is 0.481 e. The molecule has 1 N–H and O–H groups in total. The molecule has 0 saturated heterocycles. The highest BCUT2D eigenvalue weighted by Gasteiger charge is 2.26. The summed E-state index contributed by atoms with van der Waals surface area (Å²) in [4.78, 5) is 21.9. The molecular weight excluding hydrogens is 285 g/mol. The lowest BCUT2D eigenvalue weighted by Gasteiger charge is -2.20. The van der Waals surface area contributed by atoms with Crippen LogP contribution in [0.15, 0.2) is 0 Å². The van der Waals surface area contributed by atoms with E-state index in [0.29, 0.717) is 0 Å². The van der Waals surface area contributed by atoms with E-state index in [1.165, 1.54) is 3.11 Å². The van der Waals surface area contributed by atoms with Crippen molar-refractivity contribution in [1.29, 1.82) is 0 Å². The van der Waals surface area contributed by atoms with E-state index in [0.717, 1.165) is 0 Å². The number of carbonyl (C=O) groups is 2. The first-order chi connectivity index (χ1) is 5.86. The summed E-state index contributed by atoms with van der Waals surface area (Å²) < 4.78 is 1.41. The number of carboxylic acid groups (broad SMARTS) is 1. The Labute approximate surface area is 91.8 Å². The van der Waals surface area contributed by atoms with Gasteiger partial charge in [0, 0.05) is 7.05 Å². The molecule has 0 radical (unpaired) electrons. The van der Waals surface area contributed by atoms with Crippen molar-refractivity contribution in [3.05, 3.63) is 0 Å². The van der Waals surface area contributed by atoms with Crippen LogP contribution in [0.5, 0.6) is 0 Å². The summed E-state index contributed by atoms with van der Waals surface area (Å²) in [7, 11) is 1.63. The highest BCUT2D eigenvalue weighted by Crippen LogP contribution is 2.19. The summed E-state index contributed by atoms with van der Waals surface area (Å²) in [5, 5.41) is 8.59. The van der Waals surface area contributed by atoms with Gasteiger partial charge in [0.05, 0.1) is 35.2 Å². The molecule has 0 aromatic heterocycles. The van der Waals surface area contributed by atoms with Crippen molar-refractivity contribution < 1.29 is 14.7 Å². The maximum atomic E-state index is 11.5. The summed E-state index contributed by atoms with van der Waals surface area (Å²) in [6.45, 7) is 3.71. The molecule has 4 nitrogen and oxygen atoms in total. The smallest absolute Gasteiger partial charge is 0.304 e. The van der Waals surface area contributed by atoms with Gasteiger partial charge in [0.2, 0.25) is 5.91 Å². The fourth-order valence-corrected chi connectivity index (χ4v) is 1.38. The predicted molar refractivity (Wildman–Crippen MR) is 57.4 cm³/mol. The van der Waals surface area contributed by atoms with E-state index in [9.17, 15) is 9.59 Å². The van der Waals surface area contributed by atoms with E-state index in [2.05, 4.69) is 0 Å². The highest BCUT2D eigenvalue weighted by molar-refractivity contribution is 14.1. The van der Waals surface area contributed by atoms with E-state index in [4.69, 9.17) is 5.11 Å². The third kappa shape index (κ3) is 4.44. The van der Waals surface area contributed by atoms with Crippen molar-refractivity contribution in [3.63, 3.8) is 0 Å². The summed E-state index contributed by atoms with van der Waals surface area (Å²) in [5.74, 6) is -1.41. The van der Waals surface area contributed by atoms with Crippen LogP contribution in [-0.4, -0.2) is 27.1 Å². The summed E-state index contributed by atoms with van der Waals surface area (Å²) in [5.41, 5.74) is 0. The Kier molecular flexibility index (Phi) is 5.27. The second-order valence-corrected chi connectivity index (χ2v) is 4.71. The predicted octanol–water partition coefficient (Wildman–Crippen LogP) is 1.54. The number of nitrogens with zero attached hydrogens (tertiary/aromatic N) is 1. The second-order valence-electron chi connectivity index (χ2n) is 3.26. The Balaban J connectivity index is 4.42. The van der Waals surface area contributed by atoms with E-state index in [1.54, 1.807) is 7.05 Å². The first kappa shape index (κ1) is 12.7. The number of halogens is 1. The van der Waals surface area contributed by atoms with Crippen LogP contribution in [-0.2, 0) is 9.59 Å². The van der Waals surface area contributed by atoms with Gasteiger partial charge in [-0.15, -0.1) is 0 Å². The molecule has 0 fully saturated rings. The van der Waals surface area contributed by atoms with Crippen LogP contribution in [0.2, 0.25) is 0 Å². The van der Waals surface area contributed by atoms with Crippen LogP contribution in [0.4, 0.5) is 0 Å². The molecule has 76 valence electrons. The van der Waals surface area contributed by atoms with Crippen molar-refractivity contribution in [1.82, 2.24) is 3.11 Å². The average molecular weight is 299 g/mol. The lowest BCUT2D eigenvalue weighted by molar-refractivity contribution is -0.143. The van der Waals surface area contributed by atoms with Crippen molar-refractivity contribution in [2.24, 2.45) is 11.8 Å². The zero-order valence-electron chi connectivity index (χ0n) is 7.95. The van der Waals surface area contributed by atoms with E-state index >= 15 is 0 Å². The molecule has 13 heavy (non-hydrogen) atoms. The Morgan fingerprint density at radius 1 is 1.46 bits per heavy atom. The molecule has 1 unspecified atom stereocenters. The van der Waals surface area contributed by atoms with Crippen LogP contribution in [0.1, 0.15) is 20.3 Å². The molecule has 1 amide bonds. The van der Waals surface area contributed by atoms with Crippen LogP contribution < -0.4 is 0 Å². The number of hydrogen-bond acceptors (Lipinski definition) is 2. The van der Waals surface area contributed by atoms with Crippen LogP contribution >= 0.6 is 22.9 Å². The lowest BCUT2D eigenvalue weighted by atomic mass is 9.92. The number of carboxylic acids is 1. The van der Waals surface area contributed by atoms with Crippen molar-refractivity contribution in [2.75, 3.05) is 7.05 Å². The van der Waals surface area contributed by atoms with E-state index < -0.39 is 11.9 Å². The summed E-state index contributed by atoms with van der Waals surface area (Å²) >= 11 is 1.85. The van der Waals surface area contributed by atoms with Gasteiger partial charge in [-0.1, -0.05) is 13.8 Å². The van der Waals surface area contributed by atoms with E-state index in [-0.39, 0.29) is 18.2 Å². The van der Waals surface area contributed by atoms with Gasteiger partial charge in [-0.05, 0) is 5.92 Å². The van der Waals surface area contributed by atoms with Gasteiger partial charge in [0.25, 0.3) is 0 Å². The Morgan fingerprint density at radius 2 is 1.92 bits per heavy atom. The monoisotopic (exact) mass is 299 g/mol. The Bertz CT molecular complexity index is 204. The molecule has 0 aliphatic heterocycles. The standard InChI is InChI=1S/C8H14INO3/c1-5(2)6(4-7(11)12)8(13)10(3)9/h5-6H,4H2,1-3H3,(H,11,12). The number of rotatable bonds is 4. The van der Waals surface area contributed by atoms with Crippen molar-refractivity contribution >= 4 is 34.7 Å². The molecule has 0 aliphatic carbocycles. The first-order valence-corrected chi connectivity index (χ1v) is 4.98. The SMILES string of the molecule is CC(C)C(CC(=O)O)C(=O)N(C)I. The highest BCUT2D eigenvalue weighted by atomic mass is 127. The summed E-state index contributed by atoms with van der Waals surface area (Å²) in [6.07, 6.45) is -0.0934. The van der Waals surface area contributed by atoms with Gasteiger partial charge in [-0.3, -0.25) is 12.7 Å². The van der Waals surface area contributed by atoms with Gasteiger partial charge >= 0.3 is 5.97 Å². The minimum absolute atomic E-state index is 0.0563. The fraction of sp³-hybridized carbons (Fsp3) is 0.750. The minimum atomic E-state index is -0.926. The first-order valence-electron chi connectivity index (χ1n) is 4.01. The third-order valence-corrected chi connectivity index (χ3v) is 2.30. The van der Waals surface area contributed by atoms with Crippen molar-refractivity contribution in [3.8, 4) is 0 Å². The molecule has 0 aromatic carbocycles. The minimum Gasteiger partial charge on any atom is -0.481 e. The molecule has 0 spiro atoms. The molecule has 1 atom stereocenters. The Hall–Kier alpha value is -0.330. The zero-order chi connectivity index (χ0) is 10.6. The van der Waals surface area contributed by atoms with Crippen molar-refractivity contribution in [2.45, 2.75) is 20.3 Å². The normalized spacial score (nSPS) is 12.7. The number of carbonyl (C=O) groups excluding carboxylic acids is 1. The van der Waals surface area contributed by atoms with Crippen LogP contribution in [0, 0.1) is 11.8 Å².